The average Bonchev–Trinajstić information content (AvgIpc) is 2.36. The first-order valence-electron chi connectivity index (χ1n) is 4.85. The van der Waals surface area contributed by atoms with E-state index in [0.717, 1.165) is 0 Å². The molecule has 0 radical (unpaired) electrons. The standard InChI is InChI=1S/C8H3F5N2O6S/c9-7(10,11)8(12,13)22(20,21)6-2-1-4(14(16)17)3-5(6)15(18)19/h1-3H. The third kappa shape index (κ3) is 2.68. The van der Waals surface area contributed by atoms with Gasteiger partial charge in [0.15, 0.2) is 4.90 Å². The van der Waals surface area contributed by atoms with Gasteiger partial charge in [0.05, 0.1) is 15.9 Å². The van der Waals surface area contributed by atoms with Gasteiger partial charge in [0.2, 0.25) is 0 Å². The second-order valence-corrected chi connectivity index (χ2v) is 5.64. The van der Waals surface area contributed by atoms with Crippen LogP contribution in [-0.4, -0.2) is 29.7 Å². The van der Waals surface area contributed by atoms with E-state index in [0.29, 0.717) is 0 Å². The molecule has 8 nitrogen and oxygen atoms in total. The van der Waals surface area contributed by atoms with Crippen molar-refractivity contribution in [1.82, 2.24) is 0 Å². The molecule has 14 heteroatoms. The van der Waals surface area contributed by atoms with E-state index in [1.165, 1.54) is 0 Å². The highest BCUT2D eigenvalue weighted by Crippen LogP contribution is 2.45. The second kappa shape index (κ2) is 5.11. The largest absolute Gasteiger partial charge is 0.469 e. The van der Waals surface area contributed by atoms with Crippen molar-refractivity contribution in [3.63, 3.8) is 0 Å². The van der Waals surface area contributed by atoms with E-state index >= 15 is 0 Å². The Balaban J connectivity index is 3.70. The Morgan fingerprint density at radius 3 is 1.82 bits per heavy atom. The SMILES string of the molecule is O=[N+]([O-])c1ccc(S(=O)(=O)C(F)(F)C(F)(F)F)c([N+](=O)[O-])c1. The van der Waals surface area contributed by atoms with Gasteiger partial charge in [0, 0.05) is 6.07 Å². The first-order chi connectivity index (χ1) is 9.73. The van der Waals surface area contributed by atoms with Crippen molar-refractivity contribution in [1.29, 1.82) is 0 Å². The maximum absolute atomic E-state index is 13.0. The van der Waals surface area contributed by atoms with E-state index in [-0.39, 0.29) is 18.2 Å². The molecule has 0 aliphatic rings. The zero-order valence-electron chi connectivity index (χ0n) is 9.87. The van der Waals surface area contributed by atoms with Crippen LogP contribution in [0.2, 0.25) is 0 Å². The van der Waals surface area contributed by atoms with Crippen LogP contribution in [-0.2, 0) is 9.84 Å². The van der Waals surface area contributed by atoms with Crippen LogP contribution in [0, 0.1) is 20.2 Å². The van der Waals surface area contributed by atoms with Crippen molar-refractivity contribution in [2.45, 2.75) is 16.3 Å². The predicted molar refractivity (Wildman–Crippen MR) is 57.9 cm³/mol. The van der Waals surface area contributed by atoms with Crippen molar-refractivity contribution >= 4 is 21.2 Å². The van der Waals surface area contributed by atoms with Crippen molar-refractivity contribution < 1.29 is 40.2 Å². The number of benzene rings is 1. The fourth-order valence-corrected chi connectivity index (χ4v) is 2.52. The molecule has 1 rings (SSSR count). The number of nitrogens with zero attached hydrogens (tertiary/aromatic N) is 2. The van der Waals surface area contributed by atoms with Gasteiger partial charge in [0.25, 0.3) is 21.2 Å². The monoisotopic (exact) mass is 350 g/mol. The van der Waals surface area contributed by atoms with Gasteiger partial charge in [-0.2, -0.15) is 22.0 Å². The highest BCUT2D eigenvalue weighted by molar-refractivity contribution is 7.92. The fraction of sp³-hybridized carbons (Fsp3) is 0.250. The van der Waals surface area contributed by atoms with Crippen molar-refractivity contribution in [3.05, 3.63) is 38.4 Å². The number of sulfone groups is 1. The summed E-state index contributed by atoms with van der Waals surface area (Å²) in [6, 6.07) is 0.178. The summed E-state index contributed by atoms with van der Waals surface area (Å²) in [5.74, 6) is 0. The van der Waals surface area contributed by atoms with Crippen LogP contribution >= 0.6 is 0 Å². The van der Waals surface area contributed by atoms with Crippen LogP contribution in [0.5, 0.6) is 0 Å². The molecule has 1 aromatic rings. The zero-order valence-corrected chi connectivity index (χ0v) is 10.7. The van der Waals surface area contributed by atoms with E-state index in [4.69, 9.17) is 0 Å². The molecule has 0 amide bonds. The molecule has 0 saturated heterocycles. The normalized spacial score (nSPS) is 13.0. The molecular weight excluding hydrogens is 347 g/mol. The first-order valence-corrected chi connectivity index (χ1v) is 6.34. The molecule has 1 aromatic carbocycles. The fourth-order valence-electron chi connectivity index (χ4n) is 1.28. The zero-order chi connectivity index (χ0) is 17.5. The van der Waals surface area contributed by atoms with Crippen LogP contribution in [0.4, 0.5) is 33.3 Å². The summed E-state index contributed by atoms with van der Waals surface area (Å²) in [4.78, 5) is 16.2. The van der Waals surface area contributed by atoms with Crippen LogP contribution < -0.4 is 0 Å². The smallest absolute Gasteiger partial charge is 0.258 e. The number of alkyl halides is 5. The number of rotatable bonds is 4. The Morgan fingerprint density at radius 1 is 0.955 bits per heavy atom. The number of hydrogen-bond acceptors (Lipinski definition) is 6. The topological polar surface area (TPSA) is 120 Å². The quantitative estimate of drug-likeness (QED) is 0.467. The maximum atomic E-state index is 13.0. The second-order valence-electron chi connectivity index (χ2n) is 3.68. The Kier molecular flexibility index (Phi) is 4.11. The Hall–Kier alpha value is -2.38. The Bertz CT molecular complexity index is 744. The summed E-state index contributed by atoms with van der Waals surface area (Å²) in [6.07, 6.45) is -6.53. The molecule has 0 N–H and O–H groups in total. The number of non-ortho nitro benzene ring substituents is 1. The first kappa shape index (κ1) is 17.7. The molecular formula is C8H3F5N2O6S. The van der Waals surface area contributed by atoms with E-state index < -0.39 is 47.4 Å². The third-order valence-electron chi connectivity index (χ3n) is 2.31. The summed E-state index contributed by atoms with van der Waals surface area (Å²) in [5, 5.41) is 14.7. The van der Waals surface area contributed by atoms with Crippen LogP contribution in [0.25, 0.3) is 0 Å². The minimum Gasteiger partial charge on any atom is -0.258 e. The lowest BCUT2D eigenvalue weighted by Crippen LogP contribution is -2.44. The summed E-state index contributed by atoms with van der Waals surface area (Å²) in [6.45, 7) is 0. The van der Waals surface area contributed by atoms with Crippen LogP contribution in [0.15, 0.2) is 23.1 Å². The van der Waals surface area contributed by atoms with Gasteiger partial charge in [0.1, 0.15) is 0 Å². The van der Waals surface area contributed by atoms with Gasteiger partial charge in [-0.15, -0.1) is 0 Å². The summed E-state index contributed by atoms with van der Waals surface area (Å²) in [7, 11) is -6.54. The van der Waals surface area contributed by atoms with Crippen molar-refractivity contribution in [2.75, 3.05) is 0 Å². The molecule has 0 aliphatic heterocycles. The van der Waals surface area contributed by atoms with Gasteiger partial charge in [-0.25, -0.2) is 8.42 Å². The number of nitro groups is 2. The minimum atomic E-state index is -6.54. The van der Waals surface area contributed by atoms with E-state index in [1.807, 2.05) is 0 Å². The van der Waals surface area contributed by atoms with E-state index in [1.54, 1.807) is 0 Å². The Morgan fingerprint density at radius 2 is 1.45 bits per heavy atom. The average molecular weight is 350 g/mol. The minimum absolute atomic E-state index is 0.0284. The molecule has 0 atom stereocenters. The highest BCUT2D eigenvalue weighted by Gasteiger charge is 2.68. The predicted octanol–water partition coefficient (Wildman–Crippen LogP) is 2.43. The molecule has 0 fully saturated rings. The Labute approximate surface area is 117 Å². The molecule has 122 valence electrons. The van der Waals surface area contributed by atoms with Crippen molar-refractivity contribution in [2.24, 2.45) is 0 Å². The summed E-state index contributed by atoms with van der Waals surface area (Å²) >= 11 is 0. The molecule has 0 aliphatic carbocycles. The van der Waals surface area contributed by atoms with Gasteiger partial charge in [-0.05, 0) is 6.07 Å². The summed E-state index contributed by atoms with van der Waals surface area (Å²) < 4.78 is 85.2. The van der Waals surface area contributed by atoms with Gasteiger partial charge >= 0.3 is 11.4 Å². The number of halogens is 5. The van der Waals surface area contributed by atoms with Crippen molar-refractivity contribution in [3.8, 4) is 0 Å². The number of hydrogen-bond donors (Lipinski definition) is 0. The van der Waals surface area contributed by atoms with E-state index in [2.05, 4.69) is 0 Å². The molecule has 0 unspecified atom stereocenters. The van der Waals surface area contributed by atoms with Gasteiger partial charge < -0.3 is 0 Å². The maximum Gasteiger partial charge on any atom is 0.469 e. The molecule has 0 spiro atoms. The molecule has 0 heterocycles. The summed E-state index contributed by atoms with van der Waals surface area (Å²) in [5.41, 5.74) is -2.82. The van der Waals surface area contributed by atoms with Crippen LogP contribution in [0.1, 0.15) is 0 Å². The lowest BCUT2D eigenvalue weighted by atomic mass is 10.3. The van der Waals surface area contributed by atoms with Crippen LogP contribution in [0.3, 0.4) is 0 Å². The molecule has 22 heavy (non-hydrogen) atoms. The highest BCUT2D eigenvalue weighted by atomic mass is 32.2. The van der Waals surface area contributed by atoms with Gasteiger partial charge in [-0.1, -0.05) is 0 Å². The third-order valence-corrected chi connectivity index (χ3v) is 4.14. The van der Waals surface area contributed by atoms with E-state index in [9.17, 15) is 50.6 Å². The number of nitro benzene ring substituents is 2. The lowest BCUT2D eigenvalue weighted by molar-refractivity contribution is -0.396. The van der Waals surface area contributed by atoms with Gasteiger partial charge in [-0.3, -0.25) is 20.2 Å². The molecule has 0 bridgehead atoms. The molecule has 0 aromatic heterocycles. The molecule has 0 saturated carbocycles. The lowest BCUT2D eigenvalue weighted by Gasteiger charge is -2.19.